The fourth-order valence-corrected chi connectivity index (χ4v) is 3.47. The van der Waals surface area contributed by atoms with E-state index in [-0.39, 0.29) is 20.7 Å². The van der Waals surface area contributed by atoms with Gasteiger partial charge >= 0.3 is 0 Å². The van der Waals surface area contributed by atoms with Gasteiger partial charge in [-0.15, -0.1) is 0 Å². The van der Waals surface area contributed by atoms with Gasteiger partial charge in [0.05, 0.1) is 28.1 Å². The van der Waals surface area contributed by atoms with E-state index < -0.39 is 9.84 Å². The summed E-state index contributed by atoms with van der Waals surface area (Å²) in [6, 6.07) is 2.86. The second kappa shape index (κ2) is 7.09. The van der Waals surface area contributed by atoms with E-state index in [4.69, 9.17) is 28.0 Å². The first kappa shape index (κ1) is 16.2. The molecule has 0 spiro atoms. The monoisotopic (exact) mass is 324 g/mol. The van der Waals surface area contributed by atoms with Gasteiger partial charge in [0.1, 0.15) is 11.2 Å². The first-order chi connectivity index (χ1) is 8.92. The third kappa shape index (κ3) is 4.35. The molecular formula is C11H14Cl2N2O3S. The average molecular weight is 325 g/mol. The number of halogens is 2. The van der Waals surface area contributed by atoms with Crippen LogP contribution in [-0.4, -0.2) is 27.1 Å². The van der Waals surface area contributed by atoms with Crippen LogP contribution in [0.4, 0.5) is 5.69 Å². The summed E-state index contributed by atoms with van der Waals surface area (Å²) < 4.78 is 23.6. The lowest BCUT2D eigenvalue weighted by Crippen LogP contribution is -2.10. The normalized spacial score (nSPS) is 12.0. The van der Waals surface area contributed by atoms with Crippen molar-refractivity contribution in [1.82, 2.24) is 5.48 Å². The lowest BCUT2D eigenvalue weighted by molar-refractivity contribution is 0.100. The fourth-order valence-electron chi connectivity index (χ4n) is 1.28. The van der Waals surface area contributed by atoms with E-state index in [0.29, 0.717) is 12.3 Å². The third-order valence-corrected chi connectivity index (χ3v) is 4.81. The molecule has 0 heterocycles. The van der Waals surface area contributed by atoms with Crippen molar-refractivity contribution in [2.45, 2.75) is 18.7 Å². The van der Waals surface area contributed by atoms with E-state index in [1.54, 1.807) is 0 Å². The van der Waals surface area contributed by atoms with Crippen LogP contribution in [-0.2, 0) is 14.7 Å². The molecule has 1 aromatic carbocycles. The van der Waals surface area contributed by atoms with Crippen molar-refractivity contribution in [1.29, 1.82) is 0 Å². The molecule has 0 aliphatic carbocycles. The zero-order valence-electron chi connectivity index (χ0n) is 10.5. The highest BCUT2D eigenvalue weighted by atomic mass is 35.5. The molecule has 0 aliphatic heterocycles. The maximum Gasteiger partial charge on any atom is 0.181 e. The van der Waals surface area contributed by atoms with Gasteiger partial charge in [-0.05, 0) is 19.1 Å². The zero-order valence-corrected chi connectivity index (χ0v) is 12.8. The molecule has 0 saturated carbocycles. The molecule has 0 radical (unpaired) electrons. The number of aliphatic imine (C=N–C) groups is 1. The summed E-state index contributed by atoms with van der Waals surface area (Å²) in [4.78, 5) is 8.78. The summed E-state index contributed by atoms with van der Waals surface area (Å²) in [5, 5.41) is 0.107. The summed E-state index contributed by atoms with van der Waals surface area (Å²) in [6.45, 7) is 3.83. The summed E-state index contributed by atoms with van der Waals surface area (Å²) in [5.74, 6) is -0.0685. The lowest BCUT2D eigenvalue weighted by Gasteiger charge is -2.07. The molecule has 0 aliphatic rings. The van der Waals surface area contributed by atoms with Crippen molar-refractivity contribution >= 4 is 45.1 Å². The molecule has 0 aromatic heterocycles. The molecule has 0 amide bonds. The number of sulfone groups is 1. The molecule has 0 atom stereocenters. The number of hydroxylamine groups is 1. The fraction of sp³-hybridized carbons (Fsp3) is 0.364. The van der Waals surface area contributed by atoms with Gasteiger partial charge in [0.25, 0.3) is 0 Å². The lowest BCUT2D eigenvalue weighted by atomic mass is 10.3. The standard InChI is InChI=1S/C11H14Cl2N2O3S/c1-3-18-15-7-14-8-5-9(12)11(10(13)6-8)19(16,17)4-2/h5-7H,3-4H2,1-2H3,(H,14,15). The molecule has 8 heteroatoms. The van der Waals surface area contributed by atoms with Crippen molar-refractivity contribution in [2.75, 3.05) is 12.4 Å². The Labute approximate surface area is 122 Å². The Morgan fingerprint density at radius 1 is 1.32 bits per heavy atom. The first-order valence-corrected chi connectivity index (χ1v) is 7.94. The van der Waals surface area contributed by atoms with Crippen LogP contribution >= 0.6 is 23.2 Å². The molecule has 1 rings (SSSR count). The van der Waals surface area contributed by atoms with Crippen molar-refractivity contribution in [3.05, 3.63) is 22.2 Å². The van der Waals surface area contributed by atoms with Gasteiger partial charge in [-0.1, -0.05) is 30.1 Å². The molecule has 106 valence electrons. The van der Waals surface area contributed by atoms with E-state index in [1.165, 1.54) is 25.4 Å². The van der Waals surface area contributed by atoms with Gasteiger partial charge in [-0.25, -0.2) is 13.4 Å². The molecule has 1 N–H and O–H groups in total. The highest BCUT2D eigenvalue weighted by Gasteiger charge is 2.20. The Morgan fingerprint density at radius 2 is 1.89 bits per heavy atom. The maximum atomic E-state index is 11.8. The predicted octanol–water partition coefficient (Wildman–Crippen LogP) is 2.99. The number of nitrogens with zero attached hydrogens (tertiary/aromatic N) is 1. The molecule has 19 heavy (non-hydrogen) atoms. The van der Waals surface area contributed by atoms with E-state index >= 15 is 0 Å². The van der Waals surface area contributed by atoms with Gasteiger partial charge in [-0.2, -0.15) is 0 Å². The molecule has 0 fully saturated rings. The Bertz CT molecular complexity index is 550. The highest BCUT2D eigenvalue weighted by Crippen LogP contribution is 2.34. The van der Waals surface area contributed by atoms with Crippen LogP contribution in [0.5, 0.6) is 0 Å². The largest absolute Gasteiger partial charge is 0.276 e. The summed E-state index contributed by atoms with van der Waals surface area (Å²) in [7, 11) is -3.46. The van der Waals surface area contributed by atoms with Crippen LogP contribution in [0.1, 0.15) is 13.8 Å². The third-order valence-electron chi connectivity index (χ3n) is 2.17. The van der Waals surface area contributed by atoms with Crippen molar-refractivity contribution in [2.24, 2.45) is 4.99 Å². The van der Waals surface area contributed by atoms with Crippen LogP contribution in [0.25, 0.3) is 0 Å². The molecule has 0 unspecified atom stereocenters. The van der Waals surface area contributed by atoms with Crippen molar-refractivity contribution in [3.63, 3.8) is 0 Å². The quantitative estimate of drug-likeness (QED) is 0.378. The average Bonchev–Trinajstić information content (AvgIpc) is 2.33. The number of hydrogen-bond acceptors (Lipinski definition) is 4. The van der Waals surface area contributed by atoms with Crippen molar-refractivity contribution < 1.29 is 13.3 Å². The highest BCUT2D eigenvalue weighted by molar-refractivity contribution is 7.91. The molecule has 0 bridgehead atoms. The second-order valence-electron chi connectivity index (χ2n) is 3.45. The van der Waals surface area contributed by atoms with Crippen LogP contribution in [0.15, 0.2) is 22.0 Å². The minimum atomic E-state index is -3.46. The summed E-state index contributed by atoms with van der Waals surface area (Å²) in [5.41, 5.74) is 2.91. The van der Waals surface area contributed by atoms with Gasteiger partial charge in [0, 0.05) is 0 Å². The predicted molar refractivity (Wildman–Crippen MR) is 77.1 cm³/mol. The Morgan fingerprint density at radius 3 is 2.37 bits per heavy atom. The Hall–Kier alpha value is -0.820. The topological polar surface area (TPSA) is 67.8 Å². The maximum absolute atomic E-state index is 11.8. The van der Waals surface area contributed by atoms with Gasteiger partial charge in [-0.3, -0.25) is 10.3 Å². The molecule has 0 saturated heterocycles. The van der Waals surface area contributed by atoms with Gasteiger partial charge in [0.15, 0.2) is 9.84 Å². The minimum absolute atomic E-state index is 0.0536. The Balaban J connectivity index is 3.08. The molecular weight excluding hydrogens is 311 g/mol. The van der Waals surface area contributed by atoms with Crippen LogP contribution in [0.2, 0.25) is 10.0 Å². The molecule has 5 nitrogen and oxygen atoms in total. The van der Waals surface area contributed by atoms with Crippen LogP contribution in [0, 0.1) is 0 Å². The van der Waals surface area contributed by atoms with E-state index in [0.717, 1.165) is 0 Å². The van der Waals surface area contributed by atoms with E-state index in [2.05, 4.69) is 10.5 Å². The smallest absolute Gasteiger partial charge is 0.181 e. The zero-order chi connectivity index (χ0) is 14.5. The van der Waals surface area contributed by atoms with E-state index in [9.17, 15) is 8.42 Å². The second-order valence-corrected chi connectivity index (χ2v) is 6.48. The minimum Gasteiger partial charge on any atom is -0.276 e. The summed E-state index contributed by atoms with van der Waals surface area (Å²) in [6.07, 6.45) is 1.32. The molecule has 1 aromatic rings. The number of nitrogens with one attached hydrogen (secondary N) is 1. The van der Waals surface area contributed by atoms with Crippen LogP contribution < -0.4 is 5.48 Å². The van der Waals surface area contributed by atoms with Crippen molar-refractivity contribution in [3.8, 4) is 0 Å². The first-order valence-electron chi connectivity index (χ1n) is 5.54. The number of hydrogen-bond donors (Lipinski definition) is 1. The summed E-state index contributed by atoms with van der Waals surface area (Å²) >= 11 is 11.9. The Kier molecular flexibility index (Phi) is 6.06. The SMILES string of the molecule is CCONC=Nc1cc(Cl)c(S(=O)(=O)CC)c(Cl)c1. The van der Waals surface area contributed by atoms with Crippen LogP contribution in [0.3, 0.4) is 0 Å². The number of rotatable bonds is 6. The number of benzene rings is 1. The van der Waals surface area contributed by atoms with Gasteiger partial charge < -0.3 is 0 Å². The van der Waals surface area contributed by atoms with E-state index in [1.807, 2.05) is 6.92 Å². The van der Waals surface area contributed by atoms with Gasteiger partial charge in [0.2, 0.25) is 0 Å².